The number of nitrogens with zero attached hydrogens (tertiary/aromatic N) is 3. The van der Waals surface area contributed by atoms with E-state index in [1.807, 2.05) is 38.1 Å². The second-order valence-electron chi connectivity index (χ2n) is 6.73. The molecule has 3 heterocycles. The van der Waals surface area contributed by atoms with E-state index in [2.05, 4.69) is 4.98 Å². The molecule has 144 valence electrons. The Balaban J connectivity index is 1.42. The summed E-state index contributed by atoms with van der Waals surface area (Å²) >= 11 is 1.45. The molecule has 0 radical (unpaired) electrons. The number of benzene rings is 1. The van der Waals surface area contributed by atoms with E-state index < -0.39 is 5.97 Å². The normalized spacial score (nSPS) is 13.0. The summed E-state index contributed by atoms with van der Waals surface area (Å²) < 4.78 is 6.34. The third-order valence-electron chi connectivity index (χ3n) is 5.00. The number of fused-ring (bicyclic) bond motifs is 2. The Bertz CT molecular complexity index is 1150. The zero-order chi connectivity index (χ0) is 19.8. The van der Waals surface area contributed by atoms with Gasteiger partial charge in [0.15, 0.2) is 6.61 Å². The van der Waals surface area contributed by atoms with Crippen molar-refractivity contribution >= 4 is 39.1 Å². The molecule has 4 rings (SSSR count). The standard InChI is InChI=1S/C20H19N3O4S/c1-12-13(2)28-19-18(12)20(26)22(11-21-19)9-17(25)27-10-16(24)23-8-7-14-5-3-4-6-15(14)23/h3-6,11H,7-10H2,1-2H3. The Hall–Kier alpha value is -3.00. The quantitative estimate of drug-likeness (QED) is 0.631. The number of anilines is 1. The summed E-state index contributed by atoms with van der Waals surface area (Å²) in [5, 5.41) is 0.530. The number of rotatable bonds is 4. The third-order valence-corrected chi connectivity index (χ3v) is 6.12. The van der Waals surface area contributed by atoms with E-state index in [9.17, 15) is 14.4 Å². The van der Waals surface area contributed by atoms with Crippen molar-refractivity contribution in [1.29, 1.82) is 0 Å². The van der Waals surface area contributed by atoms with Gasteiger partial charge in [-0.05, 0) is 37.5 Å². The highest BCUT2D eigenvalue weighted by atomic mass is 32.1. The van der Waals surface area contributed by atoms with Gasteiger partial charge in [-0.25, -0.2) is 4.98 Å². The summed E-state index contributed by atoms with van der Waals surface area (Å²) in [6.07, 6.45) is 2.14. The molecule has 28 heavy (non-hydrogen) atoms. The van der Waals surface area contributed by atoms with E-state index in [1.54, 1.807) is 4.90 Å². The van der Waals surface area contributed by atoms with Crippen molar-refractivity contribution < 1.29 is 14.3 Å². The average molecular weight is 397 g/mol. The van der Waals surface area contributed by atoms with Crippen molar-refractivity contribution in [3.05, 3.63) is 57.0 Å². The van der Waals surface area contributed by atoms with E-state index in [1.165, 1.54) is 22.2 Å². The summed E-state index contributed by atoms with van der Waals surface area (Å²) in [6, 6.07) is 7.68. The monoisotopic (exact) mass is 397 g/mol. The molecule has 0 saturated carbocycles. The van der Waals surface area contributed by atoms with E-state index in [-0.39, 0.29) is 24.6 Å². The Labute approximate surface area is 165 Å². The molecule has 1 aliphatic rings. The largest absolute Gasteiger partial charge is 0.454 e. The van der Waals surface area contributed by atoms with Gasteiger partial charge in [0.2, 0.25) is 0 Å². The number of aromatic nitrogens is 2. The number of carbonyl (C=O) groups excluding carboxylic acids is 2. The molecule has 0 fully saturated rings. The Kier molecular flexibility index (Phi) is 4.72. The van der Waals surface area contributed by atoms with Crippen molar-refractivity contribution in [3.8, 4) is 0 Å². The Morgan fingerprint density at radius 2 is 2.04 bits per heavy atom. The minimum Gasteiger partial charge on any atom is -0.454 e. The maximum Gasteiger partial charge on any atom is 0.326 e. The van der Waals surface area contributed by atoms with Gasteiger partial charge in [0, 0.05) is 17.1 Å². The highest BCUT2D eigenvalue weighted by Gasteiger charge is 2.25. The molecule has 8 heteroatoms. The number of para-hydroxylation sites is 1. The highest BCUT2D eigenvalue weighted by molar-refractivity contribution is 7.18. The van der Waals surface area contributed by atoms with Crippen LogP contribution in [0.1, 0.15) is 16.0 Å². The molecule has 0 unspecified atom stereocenters. The molecule has 1 amide bonds. The molecule has 0 N–H and O–H groups in total. The van der Waals surface area contributed by atoms with E-state index >= 15 is 0 Å². The van der Waals surface area contributed by atoms with Crippen molar-refractivity contribution in [2.24, 2.45) is 0 Å². The number of ether oxygens (including phenoxy) is 1. The zero-order valence-corrected chi connectivity index (χ0v) is 16.4. The lowest BCUT2D eigenvalue weighted by Crippen LogP contribution is -2.34. The lowest BCUT2D eigenvalue weighted by Gasteiger charge is -2.17. The van der Waals surface area contributed by atoms with Gasteiger partial charge >= 0.3 is 5.97 Å². The molecule has 3 aromatic rings. The van der Waals surface area contributed by atoms with Crippen LogP contribution in [0.4, 0.5) is 5.69 Å². The van der Waals surface area contributed by atoms with E-state index in [0.29, 0.717) is 16.8 Å². The molecule has 1 aromatic carbocycles. The van der Waals surface area contributed by atoms with Gasteiger partial charge in [-0.1, -0.05) is 18.2 Å². The Morgan fingerprint density at radius 1 is 1.25 bits per heavy atom. The Morgan fingerprint density at radius 3 is 2.86 bits per heavy atom. The lowest BCUT2D eigenvalue weighted by atomic mass is 10.2. The molecule has 2 aromatic heterocycles. The van der Waals surface area contributed by atoms with Gasteiger partial charge in [0.05, 0.1) is 11.7 Å². The number of amides is 1. The second kappa shape index (κ2) is 7.20. The molecule has 0 bridgehead atoms. The minimum atomic E-state index is -0.645. The number of aryl methyl sites for hydroxylation is 2. The van der Waals surface area contributed by atoms with Crippen LogP contribution >= 0.6 is 11.3 Å². The molecule has 1 aliphatic heterocycles. The van der Waals surface area contributed by atoms with Gasteiger partial charge < -0.3 is 9.64 Å². The number of esters is 1. The second-order valence-corrected chi connectivity index (χ2v) is 7.93. The number of hydrogen-bond acceptors (Lipinski definition) is 6. The van der Waals surface area contributed by atoms with Crippen LogP contribution in [0.2, 0.25) is 0 Å². The van der Waals surface area contributed by atoms with Crippen molar-refractivity contribution in [1.82, 2.24) is 9.55 Å². The van der Waals surface area contributed by atoms with E-state index in [4.69, 9.17) is 4.74 Å². The van der Waals surface area contributed by atoms with Crippen molar-refractivity contribution in [2.45, 2.75) is 26.8 Å². The maximum absolute atomic E-state index is 12.6. The fourth-order valence-corrected chi connectivity index (χ4v) is 4.37. The van der Waals surface area contributed by atoms with Crippen LogP contribution < -0.4 is 10.5 Å². The first-order valence-corrected chi connectivity index (χ1v) is 9.76. The van der Waals surface area contributed by atoms with Gasteiger partial charge in [0.1, 0.15) is 11.4 Å². The maximum atomic E-state index is 12.6. The number of hydrogen-bond donors (Lipinski definition) is 0. The van der Waals surface area contributed by atoms with Gasteiger partial charge in [-0.15, -0.1) is 11.3 Å². The fraction of sp³-hybridized carbons (Fsp3) is 0.300. The average Bonchev–Trinajstić information content (AvgIpc) is 3.24. The number of carbonyl (C=O) groups is 2. The molecular formula is C20H19N3O4S. The topological polar surface area (TPSA) is 81.5 Å². The molecule has 0 spiro atoms. The minimum absolute atomic E-state index is 0.274. The molecule has 0 aliphatic carbocycles. The van der Waals surface area contributed by atoms with Crippen LogP contribution in [0.5, 0.6) is 0 Å². The van der Waals surface area contributed by atoms with Crippen LogP contribution in [0.25, 0.3) is 10.2 Å². The first-order valence-electron chi connectivity index (χ1n) is 8.94. The zero-order valence-electron chi connectivity index (χ0n) is 15.6. The summed E-state index contributed by atoms with van der Waals surface area (Å²) in [5.74, 6) is -0.919. The van der Waals surface area contributed by atoms with Crippen LogP contribution in [0, 0.1) is 13.8 Å². The van der Waals surface area contributed by atoms with Gasteiger partial charge in [0.25, 0.3) is 11.5 Å². The SMILES string of the molecule is Cc1sc2ncn(CC(=O)OCC(=O)N3CCc4ccccc43)c(=O)c2c1C. The fourth-order valence-electron chi connectivity index (χ4n) is 3.38. The van der Waals surface area contributed by atoms with Crippen LogP contribution in [0.3, 0.4) is 0 Å². The summed E-state index contributed by atoms with van der Waals surface area (Å²) in [4.78, 5) is 44.8. The van der Waals surface area contributed by atoms with E-state index in [0.717, 1.165) is 28.1 Å². The van der Waals surface area contributed by atoms with Crippen LogP contribution in [-0.4, -0.2) is 34.6 Å². The third kappa shape index (κ3) is 3.20. The van der Waals surface area contributed by atoms with Crippen LogP contribution in [-0.2, 0) is 27.3 Å². The molecule has 7 nitrogen and oxygen atoms in total. The summed E-state index contributed by atoms with van der Waals surface area (Å²) in [6.45, 7) is 3.75. The number of thiophene rings is 1. The summed E-state index contributed by atoms with van der Waals surface area (Å²) in [5.41, 5.74) is 2.57. The lowest BCUT2D eigenvalue weighted by molar-refractivity contribution is -0.148. The highest BCUT2D eigenvalue weighted by Crippen LogP contribution is 2.27. The smallest absolute Gasteiger partial charge is 0.326 e. The van der Waals surface area contributed by atoms with Crippen molar-refractivity contribution in [2.75, 3.05) is 18.1 Å². The van der Waals surface area contributed by atoms with Gasteiger partial charge in [-0.3, -0.25) is 19.0 Å². The molecule has 0 atom stereocenters. The predicted molar refractivity (Wildman–Crippen MR) is 107 cm³/mol. The first kappa shape index (κ1) is 18.4. The van der Waals surface area contributed by atoms with Gasteiger partial charge in [-0.2, -0.15) is 0 Å². The summed E-state index contributed by atoms with van der Waals surface area (Å²) in [7, 11) is 0. The van der Waals surface area contributed by atoms with Crippen LogP contribution in [0.15, 0.2) is 35.4 Å². The molecular weight excluding hydrogens is 378 g/mol. The first-order chi connectivity index (χ1) is 13.5. The predicted octanol–water partition coefficient (Wildman–Crippen LogP) is 2.21. The molecule has 0 saturated heterocycles. The van der Waals surface area contributed by atoms with Crippen molar-refractivity contribution in [3.63, 3.8) is 0 Å².